The van der Waals surface area contributed by atoms with Gasteiger partial charge in [-0.05, 0) is 81.1 Å². The Labute approximate surface area is 222 Å². The summed E-state index contributed by atoms with van der Waals surface area (Å²) in [6.07, 6.45) is 3.90. The second-order valence-corrected chi connectivity index (χ2v) is 13.4. The molecule has 0 aromatic heterocycles. The van der Waals surface area contributed by atoms with Crippen LogP contribution in [0.15, 0.2) is 46.2 Å². The monoisotopic (exact) mass is 552 g/mol. The minimum absolute atomic E-state index is 0.0759. The summed E-state index contributed by atoms with van der Waals surface area (Å²) in [6, 6.07) is 9.24. The Morgan fingerprint density at radius 2 is 1.27 bits per heavy atom. The topological polar surface area (TPSA) is 93.2 Å². The van der Waals surface area contributed by atoms with Gasteiger partial charge in [0.2, 0.25) is 20.0 Å². The first kappa shape index (κ1) is 29.4. The molecule has 8 nitrogen and oxygen atoms in total. The van der Waals surface area contributed by atoms with Gasteiger partial charge in [0.05, 0.1) is 23.0 Å². The molecule has 3 rings (SSSR count). The molecule has 1 saturated heterocycles. The highest BCUT2D eigenvalue weighted by molar-refractivity contribution is 7.89. The number of hydrogen-bond donors (Lipinski definition) is 0. The van der Waals surface area contributed by atoms with Crippen molar-refractivity contribution in [1.82, 2.24) is 8.61 Å². The van der Waals surface area contributed by atoms with Crippen LogP contribution in [0.4, 0.5) is 0 Å². The Morgan fingerprint density at radius 1 is 0.784 bits per heavy atom. The van der Waals surface area contributed by atoms with Crippen molar-refractivity contribution in [2.45, 2.75) is 76.1 Å². The predicted octanol–water partition coefficient (Wildman–Crippen LogP) is 4.74. The number of ether oxygens (including phenoxy) is 2. The van der Waals surface area contributed by atoms with Crippen LogP contribution >= 0.6 is 0 Å². The zero-order valence-electron chi connectivity index (χ0n) is 22.6. The molecule has 10 heteroatoms. The van der Waals surface area contributed by atoms with Crippen LogP contribution in [0.25, 0.3) is 0 Å². The standard InChI is InChI=1S/C27H40N2O6S2/c1-6-8-16-34-26-12-10-24(18-21(26)3)36(30,31)28-14-15-29(23(5)20-28)37(32,33)25-11-13-27(22(4)19-25)35-17-9-7-2/h10-13,18-19,23H,6-9,14-17,20H2,1-5H3. The third-order valence-electron chi connectivity index (χ3n) is 6.58. The van der Waals surface area contributed by atoms with Crippen molar-refractivity contribution < 1.29 is 26.3 Å². The van der Waals surface area contributed by atoms with Gasteiger partial charge in [0.1, 0.15) is 11.5 Å². The molecular weight excluding hydrogens is 512 g/mol. The Kier molecular flexibility index (Phi) is 10.0. The average Bonchev–Trinajstić information content (AvgIpc) is 2.85. The lowest BCUT2D eigenvalue weighted by Crippen LogP contribution is -2.55. The molecule has 0 saturated carbocycles. The lowest BCUT2D eigenvalue weighted by molar-refractivity contribution is 0.212. The number of hydrogen-bond acceptors (Lipinski definition) is 6. The lowest BCUT2D eigenvalue weighted by Gasteiger charge is -2.38. The number of piperazine rings is 1. The van der Waals surface area contributed by atoms with Crippen molar-refractivity contribution in [2.75, 3.05) is 32.8 Å². The van der Waals surface area contributed by atoms with Crippen molar-refractivity contribution in [3.8, 4) is 11.5 Å². The van der Waals surface area contributed by atoms with E-state index in [0.29, 0.717) is 24.7 Å². The molecule has 0 bridgehead atoms. The van der Waals surface area contributed by atoms with Gasteiger partial charge >= 0.3 is 0 Å². The molecule has 1 aliphatic rings. The van der Waals surface area contributed by atoms with Gasteiger partial charge in [-0.15, -0.1) is 0 Å². The smallest absolute Gasteiger partial charge is 0.243 e. The number of benzene rings is 2. The van der Waals surface area contributed by atoms with E-state index >= 15 is 0 Å². The quantitative estimate of drug-likeness (QED) is 0.353. The fraction of sp³-hybridized carbons (Fsp3) is 0.556. The highest BCUT2D eigenvalue weighted by Crippen LogP contribution is 2.29. The zero-order valence-corrected chi connectivity index (χ0v) is 24.2. The first-order valence-electron chi connectivity index (χ1n) is 13.0. The zero-order chi connectivity index (χ0) is 27.2. The Bertz CT molecular complexity index is 1280. The minimum atomic E-state index is -3.79. The highest BCUT2D eigenvalue weighted by Gasteiger charge is 2.38. The van der Waals surface area contributed by atoms with Crippen molar-refractivity contribution >= 4 is 20.0 Å². The van der Waals surface area contributed by atoms with E-state index in [1.165, 1.54) is 8.61 Å². The molecule has 0 amide bonds. The molecule has 0 aliphatic carbocycles. The van der Waals surface area contributed by atoms with Crippen LogP contribution in [0, 0.1) is 13.8 Å². The van der Waals surface area contributed by atoms with Crippen molar-refractivity contribution in [3.05, 3.63) is 47.5 Å². The molecule has 1 heterocycles. The summed E-state index contributed by atoms with van der Waals surface area (Å²) in [6.45, 7) is 11.0. The molecule has 2 aromatic rings. The fourth-order valence-electron chi connectivity index (χ4n) is 4.31. The Balaban J connectivity index is 1.72. The van der Waals surface area contributed by atoms with Gasteiger partial charge < -0.3 is 9.47 Å². The lowest BCUT2D eigenvalue weighted by atomic mass is 10.2. The summed E-state index contributed by atoms with van der Waals surface area (Å²) in [5.41, 5.74) is 1.51. The molecule has 0 spiro atoms. The fourth-order valence-corrected chi connectivity index (χ4v) is 7.61. The maximum atomic E-state index is 13.4. The number of aryl methyl sites for hydroxylation is 2. The number of nitrogens with zero attached hydrogens (tertiary/aromatic N) is 2. The van der Waals surface area contributed by atoms with Gasteiger partial charge in [0.25, 0.3) is 0 Å². The predicted molar refractivity (Wildman–Crippen MR) is 145 cm³/mol. The molecule has 1 atom stereocenters. The van der Waals surface area contributed by atoms with E-state index in [1.807, 2.05) is 13.8 Å². The van der Waals surface area contributed by atoms with E-state index in [4.69, 9.17) is 9.47 Å². The van der Waals surface area contributed by atoms with Crippen LogP contribution in [0.2, 0.25) is 0 Å². The molecule has 1 unspecified atom stereocenters. The number of unbranched alkanes of at least 4 members (excludes halogenated alkanes) is 2. The van der Waals surface area contributed by atoms with E-state index in [9.17, 15) is 16.8 Å². The molecule has 0 radical (unpaired) electrons. The molecular formula is C27H40N2O6S2. The Hall–Kier alpha value is -2.14. The van der Waals surface area contributed by atoms with E-state index in [0.717, 1.165) is 36.8 Å². The largest absolute Gasteiger partial charge is 0.493 e. The van der Waals surface area contributed by atoms with Gasteiger partial charge in [0.15, 0.2) is 0 Å². The highest BCUT2D eigenvalue weighted by atomic mass is 32.2. The average molecular weight is 553 g/mol. The van der Waals surface area contributed by atoms with Gasteiger partial charge in [0, 0.05) is 25.7 Å². The van der Waals surface area contributed by atoms with Crippen molar-refractivity contribution in [1.29, 1.82) is 0 Å². The molecule has 0 N–H and O–H groups in total. The van der Waals surface area contributed by atoms with Crippen LogP contribution < -0.4 is 9.47 Å². The summed E-state index contributed by atoms with van der Waals surface area (Å²) in [5, 5.41) is 0. The van der Waals surface area contributed by atoms with Crippen LogP contribution in [0.1, 0.15) is 57.6 Å². The summed E-state index contributed by atoms with van der Waals surface area (Å²) in [7, 11) is -7.57. The third kappa shape index (κ3) is 6.85. The number of sulfonamides is 2. The molecule has 2 aromatic carbocycles. The van der Waals surface area contributed by atoms with Crippen LogP contribution in [0.5, 0.6) is 11.5 Å². The van der Waals surface area contributed by atoms with Crippen LogP contribution in [0.3, 0.4) is 0 Å². The van der Waals surface area contributed by atoms with Crippen LogP contribution in [-0.4, -0.2) is 64.3 Å². The first-order chi connectivity index (χ1) is 17.5. The second kappa shape index (κ2) is 12.6. The van der Waals surface area contributed by atoms with E-state index in [1.54, 1.807) is 43.3 Å². The van der Waals surface area contributed by atoms with Gasteiger partial charge in [-0.2, -0.15) is 8.61 Å². The number of rotatable bonds is 12. The summed E-state index contributed by atoms with van der Waals surface area (Å²) < 4.78 is 67.9. The SMILES string of the molecule is CCCCOc1ccc(S(=O)(=O)N2CCN(S(=O)(=O)c3ccc(OCCCC)c(C)c3)C(C)C2)cc1C. The van der Waals surface area contributed by atoms with Gasteiger partial charge in [-0.25, -0.2) is 16.8 Å². The molecule has 206 valence electrons. The maximum Gasteiger partial charge on any atom is 0.243 e. The first-order valence-corrected chi connectivity index (χ1v) is 15.9. The van der Waals surface area contributed by atoms with Crippen molar-refractivity contribution in [2.24, 2.45) is 0 Å². The van der Waals surface area contributed by atoms with E-state index in [2.05, 4.69) is 13.8 Å². The Morgan fingerprint density at radius 3 is 1.70 bits per heavy atom. The molecule has 1 aliphatic heterocycles. The van der Waals surface area contributed by atoms with E-state index < -0.39 is 26.1 Å². The summed E-state index contributed by atoms with van der Waals surface area (Å²) in [4.78, 5) is 0.371. The molecule has 1 fully saturated rings. The molecule has 37 heavy (non-hydrogen) atoms. The van der Waals surface area contributed by atoms with E-state index in [-0.39, 0.29) is 29.4 Å². The van der Waals surface area contributed by atoms with Gasteiger partial charge in [-0.1, -0.05) is 26.7 Å². The summed E-state index contributed by atoms with van der Waals surface area (Å²) >= 11 is 0. The minimum Gasteiger partial charge on any atom is -0.493 e. The normalized spacial score (nSPS) is 17.6. The van der Waals surface area contributed by atoms with Crippen molar-refractivity contribution in [3.63, 3.8) is 0 Å². The maximum absolute atomic E-state index is 13.4. The summed E-state index contributed by atoms with van der Waals surface area (Å²) in [5.74, 6) is 1.35. The van der Waals surface area contributed by atoms with Crippen LogP contribution in [-0.2, 0) is 20.0 Å². The van der Waals surface area contributed by atoms with Gasteiger partial charge in [-0.3, -0.25) is 0 Å². The third-order valence-corrected chi connectivity index (χ3v) is 10.4. The second-order valence-electron chi connectivity index (χ2n) is 9.59.